The lowest BCUT2D eigenvalue weighted by molar-refractivity contribution is -0.123. The first-order chi connectivity index (χ1) is 8.81. The van der Waals surface area contributed by atoms with Gasteiger partial charge in [-0.3, -0.25) is 10.1 Å². The number of carbonyl (C=O) groups is 1. The summed E-state index contributed by atoms with van der Waals surface area (Å²) in [5, 5.41) is 7.29. The van der Waals surface area contributed by atoms with Crippen LogP contribution in [0.2, 0.25) is 10.0 Å². The van der Waals surface area contributed by atoms with Gasteiger partial charge < -0.3 is 5.32 Å². The molecule has 0 bridgehead atoms. The van der Waals surface area contributed by atoms with Crippen molar-refractivity contribution in [3.63, 3.8) is 0 Å². The molecule has 0 saturated heterocycles. The van der Waals surface area contributed by atoms with E-state index < -0.39 is 0 Å². The first kappa shape index (κ1) is 16.3. The van der Waals surface area contributed by atoms with E-state index in [1.54, 1.807) is 12.1 Å². The lowest BCUT2D eigenvalue weighted by atomic mass is 10.1. The van der Waals surface area contributed by atoms with Crippen molar-refractivity contribution in [2.24, 2.45) is 0 Å². The van der Waals surface area contributed by atoms with Gasteiger partial charge in [0.2, 0.25) is 5.91 Å². The second kappa shape index (κ2) is 7.13. The Morgan fingerprint density at radius 1 is 1.16 bits per heavy atom. The second-order valence-electron chi connectivity index (χ2n) is 4.94. The summed E-state index contributed by atoms with van der Waals surface area (Å²) in [4.78, 5) is 11.8. The van der Waals surface area contributed by atoms with Crippen LogP contribution in [0.5, 0.6) is 0 Å². The highest BCUT2D eigenvalue weighted by Gasteiger charge is 2.18. The van der Waals surface area contributed by atoms with Crippen LogP contribution in [0.1, 0.15) is 39.3 Å². The molecule has 1 aromatic rings. The van der Waals surface area contributed by atoms with Gasteiger partial charge in [-0.1, -0.05) is 29.3 Å². The summed E-state index contributed by atoms with van der Waals surface area (Å²) in [7, 11) is 0. The van der Waals surface area contributed by atoms with Crippen molar-refractivity contribution in [3.8, 4) is 0 Å². The Morgan fingerprint density at radius 3 is 2.32 bits per heavy atom. The van der Waals surface area contributed by atoms with E-state index in [1.807, 2.05) is 33.8 Å². The minimum absolute atomic E-state index is 0.0214. The Labute approximate surface area is 124 Å². The average Bonchev–Trinajstić information content (AvgIpc) is 2.27. The van der Waals surface area contributed by atoms with E-state index >= 15 is 0 Å². The van der Waals surface area contributed by atoms with Gasteiger partial charge in [0, 0.05) is 22.1 Å². The van der Waals surface area contributed by atoms with Gasteiger partial charge in [-0.15, -0.1) is 0 Å². The van der Waals surface area contributed by atoms with Crippen LogP contribution in [-0.2, 0) is 4.79 Å². The largest absolute Gasteiger partial charge is 0.353 e. The van der Waals surface area contributed by atoms with E-state index in [0.29, 0.717) is 10.0 Å². The molecule has 0 aliphatic rings. The lowest BCUT2D eigenvalue weighted by Gasteiger charge is -2.21. The van der Waals surface area contributed by atoms with E-state index in [2.05, 4.69) is 10.6 Å². The number of rotatable bonds is 5. The molecule has 5 heteroatoms. The number of halogens is 2. The van der Waals surface area contributed by atoms with Crippen molar-refractivity contribution in [2.45, 2.75) is 45.8 Å². The molecule has 0 aromatic heterocycles. The fourth-order valence-electron chi connectivity index (χ4n) is 1.80. The van der Waals surface area contributed by atoms with Gasteiger partial charge in [0.05, 0.1) is 6.04 Å². The normalized spacial score (nSPS) is 14.3. The van der Waals surface area contributed by atoms with Crippen LogP contribution in [-0.4, -0.2) is 18.0 Å². The Balaban J connectivity index is 2.68. The summed E-state index contributed by atoms with van der Waals surface area (Å²) in [6, 6.07) is 5.18. The summed E-state index contributed by atoms with van der Waals surface area (Å²) in [5.74, 6) is -0.0214. The summed E-state index contributed by atoms with van der Waals surface area (Å²) in [5.41, 5.74) is 0.926. The van der Waals surface area contributed by atoms with Gasteiger partial charge >= 0.3 is 0 Å². The van der Waals surface area contributed by atoms with E-state index in [0.717, 1.165) is 5.56 Å². The molecule has 1 amide bonds. The molecule has 2 atom stereocenters. The highest BCUT2D eigenvalue weighted by Crippen LogP contribution is 2.26. The Hall–Kier alpha value is -0.770. The minimum atomic E-state index is -0.288. The molecule has 0 aliphatic heterocycles. The van der Waals surface area contributed by atoms with Gasteiger partial charge in [0.1, 0.15) is 0 Å². The zero-order chi connectivity index (χ0) is 14.6. The fraction of sp³-hybridized carbons (Fsp3) is 0.500. The van der Waals surface area contributed by atoms with Crippen molar-refractivity contribution < 1.29 is 4.79 Å². The van der Waals surface area contributed by atoms with Gasteiger partial charge in [0.25, 0.3) is 0 Å². The van der Waals surface area contributed by atoms with Crippen molar-refractivity contribution >= 4 is 29.1 Å². The predicted molar refractivity (Wildman–Crippen MR) is 80.8 cm³/mol. The topological polar surface area (TPSA) is 41.1 Å². The molecular formula is C14H20Cl2N2O. The van der Waals surface area contributed by atoms with Crippen LogP contribution in [0, 0.1) is 0 Å². The summed E-state index contributed by atoms with van der Waals surface area (Å²) in [6.07, 6.45) is 0. The predicted octanol–water partition coefficient (Wildman–Crippen LogP) is 3.56. The first-order valence-electron chi connectivity index (χ1n) is 6.32. The highest BCUT2D eigenvalue weighted by atomic mass is 35.5. The first-order valence-corrected chi connectivity index (χ1v) is 7.08. The maximum absolute atomic E-state index is 11.8. The number of carbonyl (C=O) groups excluding carboxylic acids is 1. The SMILES string of the molecule is CC(C)NC(=O)[C@H](C)N[C@@H](C)c1ccc(Cl)cc1Cl. The molecule has 0 heterocycles. The number of hydrogen-bond donors (Lipinski definition) is 2. The van der Waals surface area contributed by atoms with E-state index in [1.165, 1.54) is 0 Å². The second-order valence-corrected chi connectivity index (χ2v) is 5.78. The molecule has 19 heavy (non-hydrogen) atoms. The van der Waals surface area contributed by atoms with Gasteiger partial charge in [-0.2, -0.15) is 0 Å². The van der Waals surface area contributed by atoms with Crippen molar-refractivity contribution in [1.82, 2.24) is 10.6 Å². The minimum Gasteiger partial charge on any atom is -0.353 e. The fourth-order valence-corrected chi connectivity index (χ4v) is 2.37. The van der Waals surface area contributed by atoms with E-state index in [-0.39, 0.29) is 24.0 Å². The Bertz CT molecular complexity index is 449. The number of amides is 1. The van der Waals surface area contributed by atoms with Gasteiger partial charge in [-0.05, 0) is 45.4 Å². The smallest absolute Gasteiger partial charge is 0.237 e. The third kappa shape index (κ3) is 5.01. The van der Waals surface area contributed by atoms with Crippen LogP contribution >= 0.6 is 23.2 Å². The quantitative estimate of drug-likeness (QED) is 0.873. The average molecular weight is 303 g/mol. The molecule has 1 rings (SSSR count). The highest BCUT2D eigenvalue weighted by molar-refractivity contribution is 6.35. The summed E-state index contributed by atoms with van der Waals surface area (Å²) >= 11 is 12.0. The molecule has 106 valence electrons. The van der Waals surface area contributed by atoms with E-state index in [9.17, 15) is 4.79 Å². The number of benzene rings is 1. The van der Waals surface area contributed by atoms with E-state index in [4.69, 9.17) is 23.2 Å². The molecule has 2 N–H and O–H groups in total. The van der Waals surface area contributed by atoms with Gasteiger partial charge in [-0.25, -0.2) is 0 Å². The molecular weight excluding hydrogens is 283 g/mol. The summed E-state index contributed by atoms with van der Waals surface area (Å²) in [6.45, 7) is 7.67. The molecule has 1 aromatic carbocycles. The van der Waals surface area contributed by atoms with Gasteiger partial charge in [0.15, 0.2) is 0 Å². The number of hydrogen-bond acceptors (Lipinski definition) is 2. The Morgan fingerprint density at radius 2 is 1.79 bits per heavy atom. The molecule has 0 saturated carbocycles. The standard InChI is InChI=1S/C14H20Cl2N2O/c1-8(2)17-14(19)10(4)18-9(3)12-6-5-11(15)7-13(12)16/h5-10,18H,1-4H3,(H,17,19)/t9-,10-/m0/s1. The van der Waals surface area contributed by atoms with Crippen LogP contribution in [0.25, 0.3) is 0 Å². The molecule has 0 fully saturated rings. The zero-order valence-corrected chi connectivity index (χ0v) is 13.1. The number of nitrogens with one attached hydrogen (secondary N) is 2. The van der Waals surface area contributed by atoms with Crippen LogP contribution in [0.3, 0.4) is 0 Å². The Kier molecular flexibility index (Phi) is 6.11. The maximum Gasteiger partial charge on any atom is 0.237 e. The molecule has 3 nitrogen and oxygen atoms in total. The summed E-state index contributed by atoms with van der Waals surface area (Å²) < 4.78 is 0. The van der Waals surface area contributed by atoms with Crippen LogP contribution < -0.4 is 10.6 Å². The monoisotopic (exact) mass is 302 g/mol. The van der Waals surface area contributed by atoms with Crippen molar-refractivity contribution in [1.29, 1.82) is 0 Å². The van der Waals surface area contributed by atoms with Crippen LogP contribution in [0.15, 0.2) is 18.2 Å². The molecule has 0 spiro atoms. The van der Waals surface area contributed by atoms with Crippen LogP contribution in [0.4, 0.5) is 0 Å². The third-order valence-corrected chi connectivity index (χ3v) is 3.32. The third-order valence-electron chi connectivity index (χ3n) is 2.75. The maximum atomic E-state index is 11.8. The van der Waals surface area contributed by atoms with Crippen molar-refractivity contribution in [2.75, 3.05) is 0 Å². The molecule has 0 radical (unpaired) electrons. The van der Waals surface area contributed by atoms with Crippen molar-refractivity contribution in [3.05, 3.63) is 33.8 Å². The molecule has 0 aliphatic carbocycles. The zero-order valence-electron chi connectivity index (χ0n) is 11.6. The molecule has 0 unspecified atom stereocenters. The lowest BCUT2D eigenvalue weighted by Crippen LogP contribution is -2.45.